The Kier molecular flexibility index (Phi) is 4.17. The third-order valence-corrected chi connectivity index (χ3v) is 4.97. The molecule has 17 heavy (non-hydrogen) atoms. The van der Waals surface area contributed by atoms with Crippen LogP contribution in [0.1, 0.15) is 38.3 Å². The largest absolute Gasteiger partial charge is 0.329 e. The zero-order valence-corrected chi connectivity index (χ0v) is 11.7. The topological polar surface area (TPSA) is 42.1 Å². The molecule has 1 aliphatic rings. The lowest BCUT2D eigenvalue weighted by Crippen LogP contribution is -2.49. The number of hydrogen-bond acceptors (Lipinski definition) is 4. The maximum absolute atomic E-state index is 6.06. The van der Waals surface area contributed by atoms with Crippen molar-refractivity contribution >= 4 is 11.3 Å². The molecule has 2 atom stereocenters. The first-order chi connectivity index (χ1) is 8.20. The molecule has 0 spiro atoms. The highest BCUT2D eigenvalue weighted by Gasteiger charge is 2.40. The van der Waals surface area contributed by atoms with Crippen molar-refractivity contribution in [3.8, 4) is 0 Å². The summed E-state index contributed by atoms with van der Waals surface area (Å²) < 4.78 is 0. The Labute approximate surface area is 108 Å². The molecule has 0 saturated heterocycles. The summed E-state index contributed by atoms with van der Waals surface area (Å²) in [4.78, 5) is 6.80. The van der Waals surface area contributed by atoms with Gasteiger partial charge in [0.2, 0.25) is 0 Å². The number of rotatable bonds is 5. The van der Waals surface area contributed by atoms with Crippen LogP contribution in [0.15, 0.2) is 10.9 Å². The van der Waals surface area contributed by atoms with Crippen LogP contribution in [-0.2, 0) is 6.54 Å². The number of thiazole rings is 1. The van der Waals surface area contributed by atoms with Crippen LogP contribution in [0.4, 0.5) is 0 Å². The van der Waals surface area contributed by atoms with E-state index in [2.05, 4.69) is 29.2 Å². The molecule has 0 aliphatic heterocycles. The van der Waals surface area contributed by atoms with Gasteiger partial charge in [0.25, 0.3) is 0 Å². The molecule has 4 heteroatoms. The van der Waals surface area contributed by atoms with E-state index < -0.39 is 0 Å². The van der Waals surface area contributed by atoms with Gasteiger partial charge in [0, 0.05) is 24.0 Å². The van der Waals surface area contributed by atoms with Crippen molar-refractivity contribution in [2.24, 2.45) is 11.7 Å². The molecule has 0 radical (unpaired) electrons. The number of hydrogen-bond donors (Lipinski definition) is 1. The Morgan fingerprint density at radius 3 is 3.00 bits per heavy atom. The highest BCUT2D eigenvalue weighted by molar-refractivity contribution is 7.07. The van der Waals surface area contributed by atoms with E-state index in [-0.39, 0.29) is 5.54 Å². The zero-order valence-electron chi connectivity index (χ0n) is 10.9. The fourth-order valence-electron chi connectivity index (χ4n) is 2.98. The van der Waals surface area contributed by atoms with Crippen LogP contribution in [0.5, 0.6) is 0 Å². The highest BCUT2D eigenvalue weighted by atomic mass is 32.1. The van der Waals surface area contributed by atoms with E-state index in [1.165, 1.54) is 31.4 Å². The van der Waals surface area contributed by atoms with E-state index in [1.54, 1.807) is 11.3 Å². The number of likely N-dealkylation sites (N-methyl/N-ethyl adjacent to an activating group) is 1. The van der Waals surface area contributed by atoms with Gasteiger partial charge in [-0.2, -0.15) is 0 Å². The SMILES string of the molecule is CCC1CCC(CN)(N(C)Cc2cscn2)C1. The molecule has 2 N–H and O–H groups in total. The van der Waals surface area contributed by atoms with Crippen molar-refractivity contribution in [1.82, 2.24) is 9.88 Å². The van der Waals surface area contributed by atoms with E-state index in [4.69, 9.17) is 5.73 Å². The van der Waals surface area contributed by atoms with E-state index >= 15 is 0 Å². The summed E-state index contributed by atoms with van der Waals surface area (Å²) in [7, 11) is 2.20. The molecule has 1 aromatic heterocycles. The lowest BCUT2D eigenvalue weighted by atomic mass is 9.93. The first-order valence-electron chi connectivity index (χ1n) is 6.48. The van der Waals surface area contributed by atoms with E-state index in [0.29, 0.717) is 0 Å². The van der Waals surface area contributed by atoms with Crippen molar-refractivity contribution in [2.75, 3.05) is 13.6 Å². The van der Waals surface area contributed by atoms with Gasteiger partial charge < -0.3 is 5.73 Å². The normalized spacial score (nSPS) is 29.1. The van der Waals surface area contributed by atoms with Crippen LogP contribution in [0, 0.1) is 5.92 Å². The van der Waals surface area contributed by atoms with Crippen LogP contribution in [0.25, 0.3) is 0 Å². The maximum atomic E-state index is 6.06. The zero-order chi connectivity index (χ0) is 12.3. The van der Waals surface area contributed by atoms with Gasteiger partial charge in [-0.15, -0.1) is 11.3 Å². The molecule has 1 aromatic rings. The monoisotopic (exact) mass is 253 g/mol. The third-order valence-electron chi connectivity index (χ3n) is 4.34. The molecule has 1 saturated carbocycles. The van der Waals surface area contributed by atoms with Crippen LogP contribution >= 0.6 is 11.3 Å². The minimum atomic E-state index is 0.213. The fourth-order valence-corrected chi connectivity index (χ4v) is 3.53. The number of aromatic nitrogens is 1. The summed E-state index contributed by atoms with van der Waals surface area (Å²) in [5.41, 5.74) is 9.34. The fraction of sp³-hybridized carbons (Fsp3) is 0.769. The number of nitrogens with zero attached hydrogens (tertiary/aromatic N) is 2. The van der Waals surface area contributed by atoms with Crippen molar-refractivity contribution < 1.29 is 0 Å². The minimum absolute atomic E-state index is 0.213. The van der Waals surface area contributed by atoms with Gasteiger partial charge in [-0.05, 0) is 32.2 Å². The van der Waals surface area contributed by atoms with E-state index in [1.807, 2.05) is 5.51 Å². The maximum Gasteiger partial charge on any atom is 0.0795 e. The van der Waals surface area contributed by atoms with Crippen LogP contribution < -0.4 is 5.73 Å². The quantitative estimate of drug-likeness (QED) is 0.876. The Morgan fingerprint density at radius 2 is 2.47 bits per heavy atom. The van der Waals surface area contributed by atoms with Crippen molar-refractivity contribution in [3.63, 3.8) is 0 Å². The Morgan fingerprint density at radius 1 is 1.65 bits per heavy atom. The Hall–Kier alpha value is -0.450. The van der Waals surface area contributed by atoms with Crippen LogP contribution in [0.2, 0.25) is 0 Å². The first kappa shape index (κ1) is 13.0. The number of nitrogens with two attached hydrogens (primary N) is 1. The molecule has 96 valence electrons. The molecule has 0 aromatic carbocycles. The predicted molar refractivity (Wildman–Crippen MR) is 73.0 cm³/mol. The average molecular weight is 253 g/mol. The van der Waals surface area contributed by atoms with Gasteiger partial charge in [0.15, 0.2) is 0 Å². The molecule has 1 heterocycles. The van der Waals surface area contributed by atoms with Gasteiger partial charge in [-0.25, -0.2) is 4.98 Å². The molecule has 1 fully saturated rings. The summed E-state index contributed by atoms with van der Waals surface area (Å²) in [6, 6.07) is 0. The molecule has 3 nitrogen and oxygen atoms in total. The van der Waals surface area contributed by atoms with Gasteiger partial charge in [0.05, 0.1) is 11.2 Å². The lowest BCUT2D eigenvalue weighted by molar-refractivity contribution is 0.117. The van der Waals surface area contributed by atoms with Crippen molar-refractivity contribution in [1.29, 1.82) is 0 Å². The van der Waals surface area contributed by atoms with Crippen LogP contribution in [0.3, 0.4) is 0 Å². The molecule has 0 amide bonds. The molecular formula is C13H23N3S. The van der Waals surface area contributed by atoms with Gasteiger partial charge in [0.1, 0.15) is 0 Å². The van der Waals surface area contributed by atoms with Gasteiger partial charge in [-0.3, -0.25) is 4.90 Å². The van der Waals surface area contributed by atoms with Crippen LogP contribution in [-0.4, -0.2) is 29.0 Å². The Bertz CT molecular complexity index is 338. The second kappa shape index (κ2) is 5.46. The summed E-state index contributed by atoms with van der Waals surface area (Å²) in [5.74, 6) is 0.858. The third kappa shape index (κ3) is 2.69. The predicted octanol–water partition coefficient (Wildman–Crippen LogP) is 2.48. The molecule has 1 aliphatic carbocycles. The molecule has 2 unspecified atom stereocenters. The molecular weight excluding hydrogens is 230 g/mol. The molecule has 0 bridgehead atoms. The van der Waals surface area contributed by atoms with Crippen molar-refractivity contribution in [2.45, 2.75) is 44.7 Å². The summed E-state index contributed by atoms with van der Waals surface area (Å²) >= 11 is 1.67. The Balaban J connectivity index is 2.03. The smallest absolute Gasteiger partial charge is 0.0795 e. The first-order valence-corrected chi connectivity index (χ1v) is 7.43. The summed E-state index contributed by atoms with van der Waals surface area (Å²) in [5, 5.41) is 2.13. The second-order valence-corrected chi connectivity index (χ2v) is 6.00. The lowest BCUT2D eigenvalue weighted by Gasteiger charge is -2.38. The van der Waals surface area contributed by atoms with Gasteiger partial charge in [-0.1, -0.05) is 13.3 Å². The standard InChI is InChI=1S/C13H23N3S/c1-3-11-4-5-13(6-11,9-14)16(2)7-12-8-17-10-15-12/h8,10-11H,3-7,9,14H2,1-2H3. The van der Waals surface area contributed by atoms with Gasteiger partial charge >= 0.3 is 0 Å². The highest BCUT2D eigenvalue weighted by Crippen LogP contribution is 2.39. The van der Waals surface area contributed by atoms with E-state index in [9.17, 15) is 0 Å². The minimum Gasteiger partial charge on any atom is -0.329 e. The van der Waals surface area contributed by atoms with Crippen molar-refractivity contribution in [3.05, 3.63) is 16.6 Å². The average Bonchev–Trinajstić information content (AvgIpc) is 2.97. The summed E-state index contributed by atoms with van der Waals surface area (Å²) in [6.07, 6.45) is 5.10. The second-order valence-electron chi connectivity index (χ2n) is 5.28. The summed E-state index contributed by atoms with van der Waals surface area (Å²) in [6.45, 7) is 3.99. The molecule has 2 rings (SSSR count). The van der Waals surface area contributed by atoms with E-state index in [0.717, 1.165) is 19.0 Å².